The van der Waals surface area contributed by atoms with E-state index in [9.17, 15) is 0 Å². The van der Waals surface area contributed by atoms with Gasteiger partial charge in [0.25, 0.3) is 0 Å². The molecule has 0 spiro atoms. The normalized spacial score (nSPS) is 15.1. The number of fused-ring (bicyclic) bond motifs is 7. The number of unbranched alkanes of at least 4 members (excludes halogenated alkanes) is 6. The van der Waals surface area contributed by atoms with E-state index in [1.807, 2.05) is 0 Å². The Morgan fingerprint density at radius 2 is 1.28 bits per heavy atom. The molecule has 8 rings (SSSR count). The molecule has 2 aliphatic rings. The zero-order chi connectivity index (χ0) is 33.9. The number of aromatic nitrogens is 2. The number of ether oxygens (including phenoxy) is 1. The lowest BCUT2D eigenvalue weighted by atomic mass is 9.76. The molecule has 0 saturated carbocycles. The first-order valence-electron chi connectivity index (χ1n) is 18.8. The van der Waals surface area contributed by atoms with Crippen molar-refractivity contribution in [1.29, 1.82) is 0 Å². The standard InChI is InChI=1S/C41H46B2N2O5/c1-3-5-7-11-21-45-40-36-28-31(43-49-25-26-50-43)17-19-34(36)33-18-16-30(42-47-23-24-48-42)27-35(33)39(40)44-41(45)38-32-14-10-9-13-29(32)15-20-37(38)46-22-12-8-6-4-2/h9-10,13-20,27-28H,3-8,11-12,21-26H2,1-2H3. The molecule has 0 aliphatic carbocycles. The lowest BCUT2D eigenvalue weighted by Gasteiger charge is -2.17. The lowest BCUT2D eigenvalue weighted by Crippen LogP contribution is -2.31. The van der Waals surface area contributed by atoms with Gasteiger partial charge in [0.1, 0.15) is 11.6 Å². The van der Waals surface area contributed by atoms with E-state index in [4.69, 9.17) is 28.3 Å². The van der Waals surface area contributed by atoms with Gasteiger partial charge in [0, 0.05) is 17.3 Å². The van der Waals surface area contributed by atoms with Crippen LogP contribution in [0.2, 0.25) is 0 Å². The lowest BCUT2D eigenvalue weighted by molar-refractivity contribution is 0.306. The van der Waals surface area contributed by atoms with Gasteiger partial charge in [-0.15, -0.1) is 0 Å². The Balaban J connectivity index is 1.41. The molecule has 0 radical (unpaired) electrons. The summed E-state index contributed by atoms with van der Waals surface area (Å²) in [6.07, 6.45) is 9.23. The third kappa shape index (κ3) is 6.41. The Kier molecular flexibility index (Phi) is 10.1. The second kappa shape index (κ2) is 15.2. The highest BCUT2D eigenvalue weighted by Crippen LogP contribution is 2.42. The molecule has 9 heteroatoms. The predicted octanol–water partition coefficient (Wildman–Crippen LogP) is 8.19. The average molecular weight is 668 g/mol. The van der Waals surface area contributed by atoms with Gasteiger partial charge >= 0.3 is 14.2 Å². The molecule has 2 aliphatic heterocycles. The van der Waals surface area contributed by atoms with Crippen LogP contribution in [0.15, 0.2) is 72.8 Å². The molecule has 50 heavy (non-hydrogen) atoms. The van der Waals surface area contributed by atoms with Crippen LogP contribution < -0.4 is 15.7 Å². The molecular weight excluding hydrogens is 622 g/mol. The van der Waals surface area contributed by atoms with E-state index in [2.05, 4.69) is 91.2 Å². The summed E-state index contributed by atoms with van der Waals surface area (Å²) in [6.45, 7) is 8.45. The van der Waals surface area contributed by atoms with Gasteiger partial charge in [-0.2, -0.15) is 0 Å². The Hall–Kier alpha value is -3.88. The van der Waals surface area contributed by atoms with Crippen molar-refractivity contribution in [1.82, 2.24) is 9.55 Å². The molecular formula is C41H46B2N2O5. The van der Waals surface area contributed by atoms with Crippen LogP contribution in [0, 0.1) is 0 Å². The molecule has 2 fully saturated rings. The number of rotatable bonds is 14. The molecule has 6 aromatic rings. The van der Waals surface area contributed by atoms with Gasteiger partial charge in [-0.1, -0.05) is 119 Å². The molecule has 0 unspecified atom stereocenters. The van der Waals surface area contributed by atoms with E-state index in [1.165, 1.54) is 42.9 Å². The number of nitrogens with zero attached hydrogens (tertiary/aromatic N) is 2. The topological polar surface area (TPSA) is 64.0 Å². The second-order valence-electron chi connectivity index (χ2n) is 13.7. The molecule has 5 aromatic carbocycles. The van der Waals surface area contributed by atoms with E-state index in [0.717, 1.165) is 86.4 Å². The van der Waals surface area contributed by atoms with E-state index >= 15 is 0 Å². The smallest absolute Gasteiger partial charge is 0.493 e. The van der Waals surface area contributed by atoms with E-state index in [0.29, 0.717) is 33.0 Å². The molecule has 1 aromatic heterocycles. The van der Waals surface area contributed by atoms with Crippen molar-refractivity contribution in [2.45, 2.75) is 71.8 Å². The van der Waals surface area contributed by atoms with E-state index in [-0.39, 0.29) is 14.2 Å². The van der Waals surface area contributed by atoms with Gasteiger partial charge in [-0.3, -0.25) is 0 Å². The number of hydrogen-bond acceptors (Lipinski definition) is 6. The summed E-state index contributed by atoms with van der Waals surface area (Å²) >= 11 is 0. The molecule has 0 bridgehead atoms. The maximum Gasteiger partial charge on any atom is 0.494 e. The Morgan fingerprint density at radius 3 is 1.98 bits per heavy atom. The average Bonchev–Trinajstić information content (AvgIpc) is 3.96. The van der Waals surface area contributed by atoms with Gasteiger partial charge in [-0.05, 0) is 51.4 Å². The molecule has 2 saturated heterocycles. The van der Waals surface area contributed by atoms with Crippen LogP contribution in [0.1, 0.15) is 65.2 Å². The first-order chi connectivity index (χ1) is 24.7. The molecule has 3 heterocycles. The SMILES string of the molecule is CCCCCCOc1ccc2ccccc2c1-c1nc2c3cc(B4OCCO4)ccc3c3ccc(B4OCCO4)cc3c2n1CCCCCC. The van der Waals surface area contributed by atoms with Crippen molar-refractivity contribution in [3.05, 3.63) is 72.8 Å². The highest BCUT2D eigenvalue weighted by Gasteiger charge is 2.30. The third-order valence-corrected chi connectivity index (χ3v) is 10.2. The van der Waals surface area contributed by atoms with Gasteiger partial charge in [0.05, 0.1) is 49.6 Å². The monoisotopic (exact) mass is 668 g/mol. The minimum absolute atomic E-state index is 0.365. The summed E-state index contributed by atoms with van der Waals surface area (Å²) in [5.74, 6) is 1.84. The fourth-order valence-electron chi connectivity index (χ4n) is 7.71. The van der Waals surface area contributed by atoms with Crippen LogP contribution in [0.5, 0.6) is 5.75 Å². The van der Waals surface area contributed by atoms with Crippen molar-refractivity contribution < 1.29 is 23.4 Å². The number of imidazole rings is 1. The Labute approximate surface area is 295 Å². The molecule has 7 nitrogen and oxygen atoms in total. The van der Waals surface area contributed by atoms with Gasteiger partial charge < -0.3 is 27.9 Å². The fraction of sp³-hybridized carbons (Fsp3) is 0.390. The highest BCUT2D eigenvalue weighted by molar-refractivity contribution is 6.63. The molecule has 0 amide bonds. The van der Waals surface area contributed by atoms with E-state index in [1.54, 1.807) is 0 Å². The maximum absolute atomic E-state index is 6.67. The maximum atomic E-state index is 6.67. The van der Waals surface area contributed by atoms with Crippen LogP contribution in [-0.4, -0.2) is 56.8 Å². The summed E-state index contributed by atoms with van der Waals surface area (Å²) in [4.78, 5) is 5.66. The summed E-state index contributed by atoms with van der Waals surface area (Å²) in [6, 6.07) is 26.2. The van der Waals surface area contributed by atoms with Crippen LogP contribution in [0.3, 0.4) is 0 Å². The minimum Gasteiger partial charge on any atom is -0.493 e. The first kappa shape index (κ1) is 33.3. The molecule has 0 N–H and O–H groups in total. The number of aryl methyl sites for hydroxylation is 1. The minimum atomic E-state index is -0.370. The summed E-state index contributed by atoms with van der Waals surface area (Å²) in [5.41, 5.74) is 5.21. The largest absolute Gasteiger partial charge is 0.494 e. The first-order valence-corrected chi connectivity index (χ1v) is 18.8. The van der Waals surface area contributed by atoms with Crippen molar-refractivity contribution in [2.75, 3.05) is 33.0 Å². The van der Waals surface area contributed by atoms with Crippen LogP contribution in [-0.2, 0) is 25.2 Å². The zero-order valence-electron chi connectivity index (χ0n) is 29.4. The quantitative estimate of drug-likeness (QED) is 0.0663. The number of benzene rings is 5. The van der Waals surface area contributed by atoms with Crippen molar-refractivity contribution in [2.24, 2.45) is 0 Å². The summed E-state index contributed by atoms with van der Waals surface area (Å²) < 4.78 is 33.1. The Bertz CT molecular complexity index is 2120. The van der Waals surface area contributed by atoms with Gasteiger partial charge in [-0.25, -0.2) is 4.98 Å². The summed E-state index contributed by atoms with van der Waals surface area (Å²) in [5, 5.41) is 6.92. The highest BCUT2D eigenvalue weighted by atomic mass is 16.6. The predicted molar refractivity (Wildman–Crippen MR) is 206 cm³/mol. The van der Waals surface area contributed by atoms with E-state index < -0.39 is 0 Å². The fourth-order valence-corrected chi connectivity index (χ4v) is 7.71. The van der Waals surface area contributed by atoms with Crippen LogP contribution in [0.4, 0.5) is 0 Å². The molecule has 256 valence electrons. The Morgan fingerprint density at radius 1 is 0.640 bits per heavy atom. The van der Waals surface area contributed by atoms with Crippen molar-refractivity contribution in [3.63, 3.8) is 0 Å². The van der Waals surface area contributed by atoms with Crippen LogP contribution in [0.25, 0.3) is 54.7 Å². The van der Waals surface area contributed by atoms with Crippen molar-refractivity contribution >= 4 is 68.5 Å². The second-order valence-corrected chi connectivity index (χ2v) is 13.7. The number of hydrogen-bond donors (Lipinski definition) is 0. The van der Waals surface area contributed by atoms with Gasteiger partial charge in [0.2, 0.25) is 0 Å². The molecule has 0 atom stereocenters. The van der Waals surface area contributed by atoms with Crippen LogP contribution >= 0.6 is 0 Å². The third-order valence-electron chi connectivity index (χ3n) is 10.2. The zero-order valence-corrected chi connectivity index (χ0v) is 29.4. The van der Waals surface area contributed by atoms with Crippen molar-refractivity contribution in [3.8, 4) is 17.1 Å². The van der Waals surface area contributed by atoms with Gasteiger partial charge in [0.15, 0.2) is 0 Å². The summed E-state index contributed by atoms with van der Waals surface area (Å²) in [7, 11) is -0.735.